The number of hydrogen-bond acceptors (Lipinski definition) is 6. The largest absolute Gasteiger partial charge is 0.466 e. The second-order valence-electron chi connectivity index (χ2n) is 18.1. The molecule has 2 atom stereocenters. The number of esters is 1. The molecule has 6 nitrogen and oxygen atoms in total. The molecule has 0 spiro atoms. The molecule has 2 aliphatic heterocycles. The van der Waals surface area contributed by atoms with Crippen molar-refractivity contribution in [2.45, 2.75) is 57.2 Å². The van der Waals surface area contributed by atoms with Crippen LogP contribution in [-0.4, -0.2) is 85.1 Å². The molecule has 9 heteroatoms. The molecule has 2 aliphatic rings. The molecule has 0 radical (unpaired) electrons. The third-order valence-corrected chi connectivity index (χ3v) is 19.6. The average Bonchev–Trinajstić information content (AvgIpc) is 3.69. The van der Waals surface area contributed by atoms with E-state index in [0.717, 1.165) is 48.4 Å². The quantitative estimate of drug-likeness (QED) is 0.0572. The molecule has 0 aliphatic carbocycles. The summed E-state index contributed by atoms with van der Waals surface area (Å²) >= 11 is 1.91. The number of nitrogens with one attached hydrogen (secondary N) is 1. The van der Waals surface area contributed by atoms with Gasteiger partial charge in [-0.1, -0.05) is 158 Å². The lowest BCUT2D eigenvalue weighted by molar-refractivity contribution is -0.137. The van der Waals surface area contributed by atoms with Crippen LogP contribution in [0, 0.1) is 5.82 Å². The smallest absolute Gasteiger partial charge is 0.335 e. The fraction of sp³-hybridized carbons (Fsp3) is 0.246. The Bertz CT molecular complexity index is 2610. The minimum Gasteiger partial charge on any atom is -0.466 e. The number of thioether (sulfide) groups is 1. The molecule has 2 heterocycles. The maximum Gasteiger partial charge on any atom is 0.335 e. The Labute approximate surface area is 419 Å². The van der Waals surface area contributed by atoms with Crippen molar-refractivity contribution in [3.63, 3.8) is 0 Å². The van der Waals surface area contributed by atoms with Crippen molar-refractivity contribution >= 4 is 39.2 Å². The van der Waals surface area contributed by atoms with Gasteiger partial charge in [-0.25, -0.2) is 9.18 Å². The minimum atomic E-state index is -1.72. The zero-order chi connectivity index (χ0) is 48.2. The highest BCUT2D eigenvalue weighted by Crippen LogP contribution is 2.67. The van der Waals surface area contributed by atoms with E-state index in [1.807, 2.05) is 11.8 Å². The van der Waals surface area contributed by atoms with Gasteiger partial charge in [0.2, 0.25) is 5.91 Å². The molecule has 1 fully saturated rings. The van der Waals surface area contributed by atoms with Crippen LogP contribution in [0.2, 0.25) is 0 Å². The molecule has 1 N–H and O–H groups in total. The van der Waals surface area contributed by atoms with Crippen LogP contribution in [-0.2, 0) is 19.1 Å². The number of carbonyl (C=O) groups is 2. The number of rotatable bonds is 21. The average molecular weight is 968 g/mol. The third-order valence-electron chi connectivity index (χ3n) is 14.0. The SMILES string of the molecule is COC(=O)C1=C(c2ccc(F)cc2)CC2CCC1N2CCCN(CCSC(c1ccccc1)(c1ccccc1)c1ccccc1)CC(=O)NCCS(c1ccccc1)(c1ccccc1)c1ccccc1. The summed E-state index contributed by atoms with van der Waals surface area (Å²) in [6.45, 7) is 2.94. The molecule has 70 heavy (non-hydrogen) atoms. The van der Waals surface area contributed by atoms with Gasteiger partial charge in [0.25, 0.3) is 0 Å². The fourth-order valence-electron chi connectivity index (χ4n) is 10.8. The summed E-state index contributed by atoms with van der Waals surface area (Å²) in [6.07, 6.45) is 3.35. The molecule has 2 bridgehead atoms. The number of methoxy groups -OCH3 is 1. The summed E-state index contributed by atoms with van der Waals surface area (Å²) < 4.78 is 18.9. The van der Waals surface area contributed by atoms with Crippen LogP contribution in [0.4, 0.5) is 4.39 Å². The van der Waals surface area contributed by atoms with Crippen molar-refractivity contribution in [3.05, 3.63) is 240 Å². The molecule has 0 saturated carbocycles. The topological polar surface area (TPSA) is 61.9 Å². The lowest BCUT2D eigenvalue weighted by Crippen LogP contribution is -2.45. The van der Waals surface area contributed by atoms with Gasteiger partial charge in [0.1, 0.15) is 5.82 Å². The van der Waals surface area contributed by atoms with Crippen molar-refractivity contribution in [1.82, 2.24) is 15.1 Å². The highest BCUT2D eigenvalue weighted by atomic mass is 32.3. The lowest BCUT2D eigenvalue weighted by Gasteiger charge is -2.41. The van der Waals surface area contributed by atoms with Crippen molar-refractivity contribution in [2.24, 2.45) is 0 Å². The van der Waals surface area contributed by atoms with Gasteiger partial charge in [-0.15, -0.1) is 11.8 Å². The Morgan fingerprint density at radius 3 is 1.64 bits per heavy atom. The van der Waals surface area contributed by atoms with Crippen LogP contribution >= 0.6 is 21.8 Å². The van der Waals surface area contributed by atoms with Gasteiger partial charge >= 0.3 is 5.97 Å². The summed E-state index contributed by atoms with van der Waals surface area (Å²) in [4.78, 5) is 36.6. The van der Waals surface area contributed by atoms with E-state index >= 15 is 0 Å². The number of halogens is 1. The maximum atomic E-state index is 14.5. The van der Waals surface area contributed by atoms with E-state index in [1.54, 1.807) is 12.1 Å². The fourth-order valence-corrected chi connectivity index (χ4v) is 16.2. The van der Waals surface area contributed by atoms with E-state index in [4.69, 9.17) is 4.74 Å². The van der Waals surface area contributed by atoms with Gasteiger partial charge < -0.3 is 10.1 Å². The Morgan fingerprint density at radius 1 is 0.671 bits per heavy atom. The highest BCUT2D eigenvalue weighted by molar-refractivity contribution is 8.33. The number of fused-ring (bicyclic) bond motifs is 2. The van der Waals surface area contributed by atoms with E-state index in [2.05, 4.69) is 197 Å². The normalized spacial score (nSPS) is 16.3. The standard InChI is InChI=1S/C61H62FN3O3S2/c1-68-60(67)59-56(47-33-35-51(62)36-34-47)45-52-37-38-57(59)65(52)41-20-40-64(42-43-69-61(48-21-8-2-9-22-48,49-23-10-3-11-24-49)50-25-12-4-13-26-50)46-58(66)63-39-44-70(53-27-14-5-15-28-53,54-29-16-6-17-30-54)55-31-18-7-19-32-55/h2-19,21-36,52,57H,20,37-46H2,1H3,(H,63,66). The molecule has 2 unspecified atom stereocenters. The Kier molecular flexibility index (Phi) is 16.1. The van der Waals surface area contributed by atoms with Gasteiger partial charge in [0.15, 0.2) is 0 Å². The van der Waals surface area contributed by atoms with Crippen LogP contribution in [0.25, 0.3) is 5.57 Å². The van der Waals surface area contributed by atoms with Crippen molar-refractivity contribution in [2.75, 3.05) is 51.3 Å². The summed E-state index contributed by atoms with van der Waals surface area (Å²) in [5.74, 6) is 0.911. The summed E-state index contributed by atoms with van der Waals surface area (Å²) in [7, 11) is -0.282. The van der Waals surface area contributed by atoms with Crippen LogP contribution in [0.1, 0.15) is 47.9 Å². The molecule has 9 rings (SSSR count). The van der Waals surface area contributed by atoms with Gasteiger partial charge in [0.05, 0.1) is 24.0 Å². The van der Waals surface area contributed by atoms with Gasteiger partial charge in [0, 0.05) is 43.2 Å². The lowest BCUT2D eigenvalue weighted by atomic mass is 9.84. The van der Waals surface area contributed by atoms with Crippen LogP contribution in [0.15, 0.2) is 227 Å². The zero-order valence-corrected chi connectivity index (χ0v) is 41.5. The summed E-state index contributed by atoms with van der Waals surface area (Å²) in [6, 6.07) is 71.3. The molecule has 0 aromatic heterocycles. The van der Waals surface area contributed by atoms with E-state index in [0.29, 0.717) is 31.6 Å². The molecule has 1 amide bonds. The Morgan fingerprint density at radius 2 is 1.16 bits per heavy atom. The molecule has 358 valence electrons. The summed E-state index contributed by atoms with van der Waals surface area (Å²) in [5.41, 5.74) is 6.14. The van der Waals surface area contributed by atoms with Gasteiger partial charge in [-0.05, 0) is 123 Å². The first kappa shape index (κ1) is 48.8. The second-order valence-corrected chi connectivity index (χ2v) is 22.7. The van der Waals surface area contributed by atoms with E-state index in [-0.39, 0.29) is 36.3 Å². The third kappa shape index (κ3) is 10.6. The predicted octanol–water partition coefficient (Wildman–Crippen LogP) is 12.5. The first-order chi connectivity index (χ1) is 34.4. The Hall–Kier alpha value is -6.23. The maximum absolute atomic E-state index is 14.5. The number of hydrogen-bond donors (Lipinski definition) is 1. The number of benzene rings is 7. The molecular weight excluding hydrogens is 906 g/mol. The number of amides is 1. The van der Waals surface area contributed by atoms with Crippen molar-refractivity contribution in [3.8, 4) is 0 Å². The summed E-state index contributed by atoms with van der Waals surface area (Å²) in [5, 5.41) is 3.42. The van der Waals surface area contributed by atoms with E-state index in [1.165, 1.54) is 50.6 Å². The van der Waals surface area contributed by atoms with Crippen LogP contribution in [0.5, 0.6) is 0 Å². The predicted molar refractivity (Wildman–Crippen MR) is 286 cm³/mol. The second kappa shape index (κ2) is 23.1. The number of ether oxygens (including phenoxy) is 1. The number of nitrogens with zero attached hydrogens (tertiary/aromatic N) is 2. The Balaban J connectivity index is 0.968. The molecule has 7 aromatic carbocycles. The van der Waals surface area contributed by atoms with E-state index in [9.17, 15) is 14.0 Å². The molecule has 7 aromatic rings. The first-order valence-electron chi connectivity index (χ1n) is 24.5. The molecular formula is C61H62FN3O3S2. The van der Waals surface area contributed by atoms with Crippen LogP contribution in [0.3, 0.4) is 0 Å². The van der Waals surface area contributed by atoms with Crippen molar-refractivity contribution < 1.29 is 18.7 Å². The minimum absolute atomic E-state index is 0.00539. The monoisotopic (exact) mass is 967 g/mol. The first-order valence-corrected chi connectivity index (χ1v) is 27.3. The van der Waals surface area contributed by atoms with E-state index < -0.39 is 14.8 Å². The van der Waals surface area contributed by atoms with Gasteiger partial charge in [-0.3, -0.25) is 14.6 Å². The molecule has 1 saturated heterocycles. The van der Waals surface area contributed by atoms with Gasteiger partial charge in [-0.2, -0.15) is 10.0 Å². The van der Waals surface area contributed by atoms with Crippen molar-refractivity contribution in [1.29, 1.82) is 0 Å². The number of carbonyl (C=O) groups excluding carboxylic acids is 2. The van der Waals surface area contributed by atoms with Crippen LogP contribution < -0.4 is 5.32 Å². The highest BCUT2D eigenvalue weighted by Gasteiger charge is 2.44. The zero-order valence-electron chi connectivity index (χ0n) is 39.9.